The lowest BCUT2D eigenvalue weighted by Crippen LogP contribution is -3.17. The Bertz CT molecular complexity index is 947. The van der Waals surface area contributed by atoms with Crippen LogP contribution in [0.4, 0.5) is 5.69 Å². The molecule has 1 aliphatic heterocycles. The molecule has 5 nitrogen and oxygen atoms in total. The van der Waals surface area contributed by atoms with Crippen molar-refractivity contribution in [3.05, 3.63) is 36.4 Å². The fourth-order valence-electron chi connectivity index (χ4n) is 3.93. The minimum atomic E-state index is 0.0162. The van der Waals surface area contributed by atoms with Crippen molar-refractivity contribution < 1.29 is 18.8 Å². The largest absolute Gasteiger partial charge is 0.495 e. The van der Waals surface area contributed by atoms with Crippen molar-refractivity contribution in [3.8, 4) is 5.75 Å². The van der Waals surface area contributed by atoms with Crippen LogP contribution in [-0.2, 0) is 4.79 Å². The zero-order chi connectivity index (χ0) is 18.1. The van der Waals surface area contributed by atoms with Gasteiger partial charge in [0, 0.05) is 16.8 Å². The number of likely N-dealkylation sites (tertiary alicyclic amines) is 1. The molecule has 1 fully saturated rings. The average molecular weight is 353 g/mol. The lowest BCUT2D eigenvalue weighted by molar-refractivity contribution is -0.920. The molecule has 1 aromatic heterocycles. The van der Waals surface area contributed by atoms with E-state index in [0.29, 0.717) is 24.0 Å². The van der Waals surface area contributed by atoms with Crippen molar-refractivity contribution in [3.63, 3.8) is 0 Å². The molecule has 3 aromatic rings. The molecule has 26 heavy (non-hydrogen) atoms. The Morgan fingerprint density at radius 2 is 2.08 bits per heavy atom. The minimum Gasteiger partial charge on any atom is -0.495 e. The van der Waals surface area contributed by atoms with Crippen LogP contribution in [0.1, 0.15) is 26.2 Å². The zero-order valence-corrected chi connectivity index (χ0v) is 15.3. The molecule has 0 spiro atoms. The molecule has 2 N–H and O–H groups in total. The van der Waals surface area contributed by atoms with E-state index in [-0.39, 0.29) is 5.91 Å². The van der Waals surface area contributed by atoms with Crippen LogP contribution in [0.25, 0.3) is 21.9 Å². The Morgan fingerprint density at radius 3 is 2.88 bits per heavy atom. The number of quaternary nitrogens is 1. The van der Waals surface area contributed by atoms with Gasteiger partial charge >= 0.3 is 0 Å². The summed E-state index contributed by atoms with van der Waals surface area (Å²) in [7, 11) is 1.62. The highest BCUT2D eigenvalue weighted by molar-refractivity contribution is 6.07. The molecule has 1 aliphatic rings. The summed E-state index contributed by atoms with van der Waals surface area (Å²) in [5, 5.41) is 5.06. The fourth-order valence-corrected chi connectivity index (χ4v) is 3.93. The maximum atomic E-state index is 12.6. The van der Waals surface area contributed by atoms with E-state index in [4.69, 9.17) is 9.15 Å². The van der Waals surface area contributed by atoms with Crippen molar-refractivity contribution in [2.45, 2.75) is 32.2 Å². The molecule has 2 atom stereocenters. The van der Waals surface area contributed by atoms with Gasteiger partial charge in [-0.25, -0.2) is 0 Å². The average Bonchev–Trinajstić information content (AvgIpc) is 3.00. The number of carbonyl (C=O) groups excluding carboxylic acids is 1. The van der Waals surface area contributed by atoms with Crippen LogP contribution >= 0.6 is 0 Å². The predicted octanol–water partition coefficient (Wildman–Crippen LogP) is 2.99. The van der Waals surface area contributed by atoms with Crippen molar-refractivity contribution in [2.24, 2.45) is 0 Å². The van der Waals surface area contributed by atoms with E-state index < -0.39 is 0 Å². The topological polar surface area (TPSA) is 55.9 Å². The minimum absolute atomic E-state index is 0.0162. The maximum Gasteiger partial charge on any atom is 0.279 e. The van der Waals surface area contributed by atoms with E-state index in [0.717, 1.165) is 28.5 Å². The summed E-state index contributed by atoms with van der Waals surface area (Å²) in [6.07, 6.45) is 3.65. The Kier molecular flexibility index (Phi) is 4.55. The number of fused-ring (bicyclic) bond motifs is 3. The molecule has 2 heterocycles. The third-order valence-electron chi connectivity index (χ3n) is 5.44. The third-order valence-corrected chi connectivity index (χ3v) is 5.44. The summed E-state index contributed by atoms with van der Waals surface area (Å²) < 4.78 is 11.4. The van der Waals surface area contributed by atoms with E-state index in [1.165, 1.54) is 24.2 Å². The second-order valence-electron chi connectivity index (χ2n) is 7.18. The van der Waals surface area contributed by atoms with Gasteiger partial charge in [0.25, 0.3) is 5.91 Å². The molecule has 2 aromatic carbocycles. The molecule has 0 aliphatic carbocycles. The number of furan rings is 1. The number of amides is 1. The summed E-state index contributed by atoms with van der Waals surface area (Å²) >= 11 is 0. The highest BCUT2D eigenvalue weighted by Crippen LogP contribution is 2.36. The van der Waals surface area contributed by atoms with Gasteiger partial charge in [0.15, 0.2) is 6.54 Å². The molecule has 136 valence electrons. The van der Waals surface area contributed by atoms with Crippen LogP contribution in [0.15, 0.2) is 40.8 Å². The lowest BCUT2D eigenvalue weighted by atomic mass is 10.0. The number of piperidine rings is 1. The standard InChI is InChI=1S/C21H24N2O3/c1-14-7-5-6-10-23(14)13-21(24)22-17-12-19-16(11-20(17)25-2)15-8-3-4-9-18(15)26-19/h3-4,8-9,11-12,14H,5-7,10,13H2,1-2H3,(H,22,24)/p+1/t14-/m1/s1. The van der Waals surface area contributed by atoms with Crippen LogP contribution in [0.2, 0.25) is 0 Å². The van der Waals surface area contributed by atoms with Gasteiger partial charge < -0.3 is 19.4 Å². The first kappa shape index (κ1) is 16.9. The van der Waals surface area contributed by atoms with Crippen LogP contribution in [0, 0.1) is 0 Å². The van der Waals surface area contributed by atoms with E-state index in [1.54, 1.807) is 7.11 Å². The Morgan fingerprint density at radius 1 is 1.23 bits per heavy atom. The Hall–Kier alpha value is -2.53. The molecule has 0 radical (unpaired) electrons. The summed E-state index contributed by atoms with van der Waals surface area (Å²) in [5.74, 6) is 0.668. The molecule has 0 saturated carbocycles. The monoisotopic (exact) mass is 353 g/mol. The molecular formula is C21H25N2O3+. The SMILES string of the molecule is COc1cc2c(cc1NC(=O)C[NH+]1CCCC[C@H]1C)oc1ccccc12. The highest BCUT2D eigenvalue weighted by atomic mass is 16.5. The predicted molar refractivity (Wildman–Crippen MR) is 103 cm³/mol. The van der Waals surface area contributed by atoms with E-state index in [2.05, 4.69) is 12.2 Å². The van der Waals surface area contributed by atoms with Gasteiger partial charge in [-0.2, -0.15) is 0 Å². The Balaban J connectivity index is 1.60. The van der Waals surface area contributed by atoms with Gasteiger partial charge in [0.2, 0.25) is 0 Å². The van der Waals surface area contributed by atoms with Gasteiger partial charge in [0.05, 0.1) is 25.4 Å². The first-order valence-electron chi connectivity index (χ1n) is 9.29. The van der Waals surface area contributed by atoms with Crippen LogP contribution < -0.4 is 15.0 Å². The van der Waals surface area contributed by atoms with E-state index in [1.807, 2.05) is 36.4 Å². The molecule has 4 rings (SSSR count). The number of carbonyl (C=O) groups is 1. The molecule has 5 heteroatoms. The van der Waals surface area contributed by atoms with Crippen molar-refractivity contribution in [2.75, 3.05) is 25.5 Å². The van der Waals surface area contributed by atoms with Crippen molar-refractivity contribution >= 4 is 33.5 Å². The smallest absolute Gasteiger partial charge is 0.279 e. The van der Waals surface area contributed by atoms with E-state index in [9.17, 15) is 4.79 Å². The quantitative estimate of drug-likeness (QED) is 0.758. The normalized spacial score (nSPS) is 20.4. The van der Waals surface area contributed by atoms with E-state index >= 15 is 0 Å². The highest BCUT2D eigenvalue weighted by Gasteiger charge is 2.24. The molecule has 0 bridgehead atoms. The van der Waals surface area contributed by atoms with Crippen LogP contribution in [0.5, 0.6) is 5.75 Å². The number of hydrogen-bond acceptors (Lipinski definition) is 3. The second-order valence-corrected chi connectivity index (χ2v) is 7.18. The fraction of sp³-hybridized carbons (Fsp3) is 0.381. The summed E-state index contributed by atoms with van der Waals surface area (Å²) in [5.41, 5.74) is 2.24. The third kappa shape index (κ3) is 3.15. The van der Waals surface area contributed by atoms with Gasteiger partial charge in [-0.3, -0.25) is 4.79 Å². The van der Waals surface area contributed by atoms with Crippen molar-refractivity contribution in [1.82, 2.24) is 0 Å². The molecule has 1 unspecified atom stereocenters. The number of rotatable bonds is 4. The lowest BCUT2D eigenvalue weighted by Gasteiger charge is -2.29. The summed E-state index contributed by atoms with van der Waals surface area (Å²) in [4.78, 5) is 13.9. The molecule has 1 saturated heterocycles. The summed E-state index contributed by atoms with van der Waals surface area (Å²) in [6, 6.07) is 12.2. The second kappa shape index (κ2) is 7.00. The van der Waals surface area contributed by atoms with Gasteiger partial charge in [-0.05, 0) is 38.3 Å². The zero-order valence-electron chi connectivity index (χ0n) is 15.3. The van der Waals surface area contributed by atoms with Crippen molar-refractivity contribution in [1.29, 1.82) is 0 Å². The molecule has 1 amide bonds. The van der Waals surface area contributed by atoms with Gasteiger partial charge in [0.1, 0.15) is 16.9 Å². The number of hydrogen-bond donors (Lipinski definition) is 2. The number of nitrogens with one attached hydrogen (secondary N) is 2. The number of ether oxygens (including phenoxy) is 1. The number of para-hydroxylation sites is 1. The first-order valence-corrected chi connectivity index (χ1v) is 9.29. The number of benzene rings is 2. The first-order chi connectivity index (χ1) is 12.7. The number of methoxy groups -OCH3 is 1. The van der Waals surface area contributed by atoms with Gasteiger partial charge in [-0.15, -0.1) is 0 Å². The van der Waals surface area contributed by atoms with Crippen LogP contribution in [-0.4, -0.2) is 32.1 Å². The Labute approximate surface area is 152 Å². The van der Waals surface area contributed by atoms with Crippen LogP contribution in [0.3, 0.4) is 0 Å². The molecular weight excluding hydrogens is 328 g/mol. The van der Waals surface area contributed by atoms with Gasteiger partial charge in [-0.1, -0.05) is 18.2 Å². The number of anilines is 1. The maximum absolute atomic E-state index is 12.6. The summed E-state index contributed by atoms with van der Waals surface area (Å²) in [6.45, 7) is 3.78.